The molecule has 1 atom stereocenters. The molecule has 1 aliphatic carbocycles. The maximum atomic E-state index is 12.1. The molecule has 1 saturated carbocycles. The number of carboxylic acids is 1. The molecule has 0 saturated heterocycles. The van der Waals surface area contributed by atoms with Crippen LogP contribution >= 0.6 is 11.8 Å². The van der Waals surface area contributed by atoms with Crippen molar-refractivity contribution in [1.82, 2.24) is 4.90 Å². The van der Waals surface area contributed by atoms with Gasteiger partial charge in [-0.15, -0.1) is 11.8 Å². The minimum absolute atomic E-state index is 0.108. The van der Waals surface area contributed by atoms with Crippen molar-refractivity contribution >= 4 is 23.6 Å². The molecule has 0 heterocycles. The highest BCUT2D eigenvalue weighted by Gasteiger charge is 2.24. The van der Waals surface area contributed by atoms with E-state index in [0.717, 1.165) is 19.4 Å². The molecule has 5 nitrogen and oxygen atoms in total. The van der Waals surface area contributed by atoms with Gasteiger partial charge in [-0.2, -0.15) is 0 Å². The Labute approximate surface area is 118 Å². The number of hydrogen-bond acceptors (Lipinski definition) is 4. The van der Waals surface area contributed by atoms with Crippen molar-refractivity contribution < 1.29 is 14.7 Å². The maximum Gasteiger partial charge on any atom is 0.321 e. The molecule has 110 valence electrons. The standard InChI is InChI=1S/C13H24N2O3S/c1-2-15(10-6-4-3-5-7-10)12(16)9-19-8-11(14)13(17)18/h10-11H,2-9,14H2,1H3,(H,17,18)/t11-/m1/s1. The Hall–Kier alpha value is -0.750. The van der Waals surface area contributed by atoms with Gasteiger partial charge in [0.1, 0.15) is 6.04 Å². The molecule has 1 amide bonds. The van der Waals surface area contributed by atoms with Crippen molar-refractivity contribution in [2.24, 2.45) is 5.73 Å². The van der Waals surface area contributed by atoms with Gasteiger partial charge in [-0.1, -0.05) is 19.3 Å². The zero-order chi connectivity index (χ0) is 14.3. The zero-order valence-corrected chi connectivity index (χ0v) is 12.3. The van der Waals surface area contributed by atoms with Gasteiger partial charge in [-0.25, -0.2) is 0 Å². The third kappa shape index (κ3) is 5.40. The van der Waals surface area contributed by atoms with Crippen LogP contribution in [0.5, 0.6) is 0 Å². The highest BCUT2D eigenvalue weighted by atomic mass is 32.2. The number of aliphatic carboxylic acids is 1. The molecule has 0 aromatic heterocycles. The lowest BCUT2D eigenvalue weighted by molar-refractivity contribution is -0.138. The number of nitrogens with zero attached hydrogens (tertiary/aromatic N) is 1. The fourth-order valence-corrected chi connectivity index (χ4v) is 3.31. The van der Waals surface area contributed by atoms with E-state index in [4.69, 9.17) is 10.8 Å². The third-order valence-corrected chi connectivity index (χ3v) is 4.56. The molecule has 1 aliphatic rings. The molecule has 0 aromatic carbocycles. The quantitative estimate of drug-likeness (QED) is 0.738. The van der Waals surface area contributed by atoms with E-state index in [2.05, 4.69) is 0 Å². The van der Waals surface area contributed by atoms with Gasteiger partial charge in [-0.05, 0) is 19.8 Å². The normalized spacial score (nSPS) is 18.0. The van der Waals surface area contributed by atoms with Crippen LogP contribution in [-0.2, 0) is 9.59 Å². The van der Waals surface area contributed by atoms with Crippen LogP contribution in [0, 0.1) is 0 Å². The molecule has 1 fully saturated rings. The summed E-state index contributed by atoms with van der Waals surface area (Å²) in [6, 6.07) is -0.512. The first-order chi connectivity index (χ1) is 9.06. The predicted octanol–water partition coefficient (Wildman–Crippen LogP) is 1.31. The Morgan fingerprint density at radius 2 is 2.00 bits per heavy atom. The molecule has 0 radical (unpaired) electrons. The first-order valence-electron chi connectivity index (χ1n) is 6.91. The summed E-state index contributed by atoms with van der Waals surface area (Å²) >= 11 is 1.31. The van der Waals surface area contributed by atoms with Crippen LogP contribution < -0.4 is 5.73 Å². The summed E-state index contributed by atoms with van der Waals surface area (Å²) in [6.45, 7) is 2.73. The van der Waals surface area contributed by atoms with Gasteiger partial charge >= 0.3 is 5.97 Å². The number of carbonyl (C=O) groups excluding carboxylic acids is 1. The molecule has 6 heteroatoms. The number of carbonyl (C=O) groups is 2. The Balaban J connectivity index is 2.34. The fourth-order valence-electron chi connectivity index (χ4n) is 2.46. The Morgan fingerprint density at radius 1 is 1.37 bits per heavy atom. The van der Waals surface area contributed by atoms with Crippen LogP contribution in [0.1, 0.15) is 39.0 Å². The zero-order valence-electron chi connectivity index (χ0n) is 11.5. The van der Waals surface area contributed by atoms with Crippen LogP contribution in [0.25, 0.3) is 0 Å². The summed E-state index contributed by atoms with van der Waals surface area (Å²) in [6.07, 6.45) is 5.86. The summed E-state index contributed by atoms with van der Waals surface area (Å²) in [4.78, 5) is 24.7. The lowest BCUT2D eigenvalue weighted by Gasteiger charge is -2.33. The second-order valence-electron chi connectivity index (χ2n) is 4.93. The van der Waals surface area contributed by atoms with Gasteiger partial charge < -0.3 is 15.7 Å². The summed E-state index contributed by atoms with van der Waals surface area (Å²) in [5.41, 5.74) is 5.41. The minimum Gasteiger partial charge on any atom is -0.480 e. The third-order valence-electron chi connectivity index (χ3n) is 3.52. The van der Waals surface area contributed by atoms with Crippen LogP contribution in [0.3, 0.4) is 0 Å². The summed E-state index contributed by atoms with van der Waals surface area (Å²) in [5, 5.41) is 8.67. The molecule has 0 bridgehead atoms. The second-order valence-corrected chi connectivity index (χ2v) is 5.96. The monoisotopic (exact) mass is 288 g/mol. The van der Waals surface area contributed by atoms with Gasteiger partial charge in [0.2, 0.25) is 5.91 Å². The molecule has 3 N–H and O–H groups in total. The Bertz CT molecular complexity index is 306. The number of rotatable bonds is 7. The predicted molar refractivity (Wildman–Crippen MR) is 77.2 cm³/mol. The Morgan fingerprint density at radius 3 is 2.53 bits per heavy atom. The van der Waals surface area contributed by atoms with E-state index in [1.807, 2.05) is 11.8 Å². The average Bonchev–Trinajstić information content (AvgIpc) is 2.40. The van der Waals surface area contributed by atoms with Crippen LogP contribution in [0.2, 0.25) is 0 Å². The molecule has 1 rings (SSSR count). The van der Waals surface area contributed by atoms with Gasteiger partial charge in [-0.3, -0.25) is 9.59 Å². The second kappa shape index (κ2) is 8.43. The lowest BCUT2D eigenvalue weighted by Crippen LogP contribution is -2.42. The van der Waals surface area contributed by atoms with E-state index in [1.54, 1.807) is 0 Å². The van der Waals surface area contributed by atoms with Crippen molar-refractivity contribution in [3.05, 3.63) is 0 Å². The average molecular weight is 288 g/mol. The first-order valence-corrected chi connectivity index (χ1v) is 8.07. The highest BCUT2D eigenvalue weighted by molar-refractivity contribution is 8.00. The van der Waals surface area contributed by atoms with E-state index in [9.17, 15) is 9.59 Å². The number of hydrogen-bond donors (Lipinski definition) is 2. The smallest absolute Gasteiger partial charge is 0.321 e. The van der Waals surface area contributed by atoms with Gasteiger partial charge in [0.15, 0.2) is 0 Å². The largest absolute Gasteiger partial charge is 0.480 e. The summed E-state index contributed by atoms with van der Waals surface area (Å²) in [7, 11) is 0. The molecule has 19 heavy (non-hydrogen) atoms. The van der Waals surface area contributed by atoms with Crippen molar-refractivity contribution in [2.45, 2.75) is 51.1 Å². The Kier molecular flexibility index (Phi) is 7.23. The SMILES string of the molecule is CCN(C(=O)CSC[C@@H](N)C(=O)O)C1CCCCC1. The number of nitrogens with two attached hydrogens (primary N) is 1. The van der Waals surface area contributed by atoms with Crippen molar-refractivity contribution in [1.29, 1.82) is 0 Å². The van der Waals surface area contributed by atoms with Crippen molar-refractivity contribution in [2.75, 3.05) is 18.1 Å². The molecular formula is C13H24N2O3S. The minimum atomic E-state index is -1.01. The van der Waals surface area contributed by atoms with E-state index >= 15 is 0 Å². The van der Waals surface area contributed by atoms with Gasteiger partial charge in [0, 0.05) is 18.3 Å². The summed E-state index contributed by atoms with van der Waals surface area (Å²) in [5.74, 6) is -0.300. The van der Waals surface area contributed by atoms with Crippen molar-refractivity contribution in [3.8, 4) is 0 Å². The summed E-state index contributed by atoms with van der Waals surface area (Å²) < 4.78 is 0. The molecule has 0 unspecified atom stereocenters. The van der Waals surface area contributed by atoms with E-state index < -0.39 is 12.0 Å². The van der Waals surface area contributed by atoms with E-state index in [0.29, 0.717) is 11.8 Å². The lowest BCUT2D eigenvalue weighted by atomic mass is 9.94. The van der Waals surface area contributed by atoms with Crippen LogP contribution in [0.15, 0.2) is 0 Å². The van der Waals surface area contributed by atoms with Gasteiger partial charge in [0.05, 0.1) is 5.75 Å². The van der Waals surface area contributed by atoms with Gasteiger partial charge in [0.25, 0.3) is 0 Å². The number of amides is 1. The van der Waals surface area contributed by atoms with Crippen LogP contribution in [0.4, 0.5) is 0 Å². The first kappa shape index (κ1) is 16.3. The molecule has 0 spiro atoms. The highest BCUT2D eigenvalue weighted by Crippen LogP contribution is 2.23. The van der Waals surface area contributed by atoms with E-state index in [1.165, 1.54) is 31.0 Å². The topological polar surface area (TPSA) is 83.6 Å². The van der Waals surface area contributed by atoms with E-state index in [-0.39, 0.29) is 11.7 Å². The number of thioether (sulfide) groups is 1. The maximum absolute atomic E-state index is 12.1. The number of carboxylic acid groups (broad SMARTS) is 1. The van der Waals surface area contributed by atoms with Crippen LogP contribution in [-0.4, -0.2) is 52.0 Å². The van der Waals surface area contributed by atoms with Crippen molar-refractivity contribution in [3.63, 3.8) is 0 Å². The molecule has 0 aromatic rings. The molecular weight excluding hydrogens is 264 g/mol. The fraction of sp³-hybridized carbons (Fsp3) is 0.846. The molecule has 0 aliphatic heterocycles.